The third-order valence-electron chi connectivity index (χ3n) is 0. The molecule has 0 fully saturated rings. The molecule has 0 bridgehead atoms. The van der Waals surface area contributed by atoms with Crippen molar-refractivity contribution in [3.05, 3.63) is 0 Å². The fraction of sp³-hybridized carbons (Fsp3) is 0. The van der Waals surface area contributed by atoms with Crippen molar-refractivity contribution < 1.29 is 78.4 Å². The SMILES string of the molecule is O=P(O)(O)O.[Al+3].[Na+].[Na+]. The van der Waals surface area contributed by atoms with Gasteiger partial charge in [0.05, 0.1) is 0 Å². The molecular formula is H3AlNa2O4P+5. The van der Waals surface area contributed by atoms with Crippen LogP contribution >= 0.6 is 7.82 Å². The fourth-order valence-corrected chi connectivity index (χ4v) is 0. The third kappa shape index (κ3) is 72.3. The monoisotopic (exact) mass is 171 g/mol. The van der Waals surface area contributed by atoms with Crippen LogP contribution in [0.3, 0.4) is 0 Å². The van der Waals surface area contributed by atoms with E-state index in [9.17, 15) is 0 Å². The van der Waals surface area contributed by atoms with Gasteiger partial charge in [-0.15, -0.1) is 0 Å². The van der Waals surface area contributed by atoms with Crippen LogP contribution in [0.4, 0.5) is 0 Å². The summed E-state index contributed by atoms with van der Waals surface area (Å²) >= 11 is 0. The van der Waals surface area contributed by atoms with Crippen LogP contribution in [0.25, 0.3) is 0 Å². The molecule has 0 aliphatic heterocycles. The molecule has 0 unspecified atom stereocenters. The molecule has 0 aromatic rings. The van der Waals surface area contributed by atoms with E-state index in [1.807, 2.05) is 0 Å². The van der Waals surface area contributed by atoms with E-state index in [0.29, 0.717) is 0 Å². The summed E-state index contributed by atoms with van der Waals surface area (Å²) in [5, 5.41) is 0. The molecule has 0 aromatic heterocycles. The maximum atomic E-state index is 8.88. The summed E-state index contributed by atoms with van der Waals surface area (Å²) in [4.78, 5) is 21.6. The molecule has 0 saturated carbocycles. The van der Waals surface area contributed by atoms with Crippen LogP contribution in [0.5, 0.6) is 0 Å². The largest absolute Gasteiger partial charge is 3.00 e. The molecule has 0 spiro atoms. The van der Waals surface area contributed by atoms with Crippen molar-refractivity contribution in [1.82, 2.24) is 0 Å². The minimum atomic E-state index is -4.64. The van der Waals surface area contributed by atoms with Crippen molar-refractivity contribution in [2.24, 2.45) is 0 Å². The van der Waals surface area contributed by atoms with E-state index in [-0.39, 0.29) is 76.5 Å². The molecule has 0 amide bonds. The summed E-state index contributed by atoms with van der Waals surface area (Å²) in [6, 6.07) is 0. The first-order valence-corrected chi connectivity index (χ1v) is 2.35. The Morgan fingerprint density at radius 1 is 1.00 bits per heavy atom. The van der Waals surface area contributed by atoms with Gasteiger partial charge >= 0.3 is 84.3 Å². The minimum Gasteiger partial charge on any atom is -0.303 e. The molecule has 8 heavy (non-hydrogen) atoms. The Hall–Kier alpha value is 2.64. The van der Waals surface area contributed by atoms with Gasteiger partial charge in [0.15, 0.2) is 0 Å². The summed E-state index contributed by atoms with van der Waals surface area (Å²) in [5.74, 6) is 0. The third-order valence-corrected chi connectivity index (χ3v) is 0. The van der Waals surface area contributed by atoms with Crippen LogP contribution in [0.2, 0.25) is 0 Å². The standard InChI is InChI=1S/Al.2Na.H3O4P/c;;;1-5(2,3)4/h;;;(H3,1,2,3,4)/q+3;2*+1;. The van der Waals surface area contributed by atoms with Crippen molar-refractivity contribution in [3.8, 4) is 0 Å². The Kier molecular flexibility index (Phi) is 27.0. The minimum absolute atomic E-state index is 0. The van der Waals surface area contributed by atoms with Gasteiger partial charge in [0.1, 0.15) is 0 Å². The number of rotatable bonds is 0. The normalized spacial score (nSPS) is 7.38. The Morgan fingerprint density at radius 3 is 1.00 bits per heavy atom. The maximum absolute atomic E-state index is 8.88. The Morgan fingerprint density at radius 2 is 1.00 bits per heavy atom. The van der Waals surface area contributed by atoms with E-state index in [0.717, 1.165) is 0 Å². The maximum Gasteiger partial charge on any atom is 3.00 e. The van der Waals surface area contributed by atoms with Gasteiger partial charge in [-0.3, -0.25) is 0 Å². The smallest absolute Gasteiger partial charge is 0.303 e. The Bertz CT molecular complexity index is 60.2. The molecule has 4 nitrogen and oxygen atoms in total. The summed E-state index contributed by atoms with van der Waals surface area (Å²) in [5.41, 5.74) is 0. The number of hydrogen-bond acceptors (Lipinski definition) is 1. The molecule has 0 atom stereocenters. The molecule has 0 aliphatic rings. The summed E-state index contributed by atoms with van der Waals surface area (Å²) in [6.07, 6.45) is 0. The van der Waals surface area contributed by atoms with Gasteiger partial charge < -0.3 is 14.7 Å². The fourth-order valence-electron chi connectivity index (χ4n) is 0. The van der Waals surface area contributed by atoms with Crippen molar-refractivity contribution in [2.75, 3.05) is 0 Å². The quantitative estimate of drug-likeness (QED) is 0.250. The van der Waals surface area contributed by atoms with E-state index in [2.05, 4.69) is 0 Å². The zero-order valence-electron chi connectivity index (χ0n) is 4.77. The predicted octanol–water partition coefficient (Wildman–Crippen LogP) is -7.30. The van der Waals surface area contributed by atoms with Gasteiger partial charge in [-0.2, -0.15) is 0 Å². The second kappa shape index (κ2) is 9.64. The van der Waals surface area contributed by atoms with Crippen LogP contribution in [-0.4, -0.2) is 32.0 Å². The van der Waals surface area contributed by atoms with Crippen LogP contribution < -0.4 is 59.1 Å². The molecule has 0 aromatic carbocycles. The zero-order valence-corrected chi connectivity index (χ0v) is 10.8. The molecule has 3 N–H and O–H groups in total. The van der Waals surface area contributed by atoms with E-state index in [4.69, 9.17) is 19.2 Å². The van der Waals surface area contributed by atoms with Gasteiger partial charge in [-0.25, -0.2) is 4.57 Å². The average molecular weight is 171 g/mol. The van der Waals surface area contributed by atoms with Gasteiger partial charge in [0.25, 0.3) is 0 Å². The van der Waals surface area contributed by atoms with Crippen LogP contribution in [-0.2, 0) is 4.57 Å². The first kappa shape index (κ1) is 22.4. The Balaban J connectivity index is -0.0000000267. The van der Waals surface area contributed by atoms with Crippen molar-refractivity contribution >= 4 is 25.2 Å². The molecular weight excluding hydrogens is 168 g/mol. The molecule has 0 heterocycles. The molecule has 0 radical (unpaired) electrons. The van der Waals surface area contributed by atoms with Crippen molar-refractivity contribution in [2.45, 2.75) is 0 Å². The molecule has 0 aliphatic carbocycles. The predicted molar refractivity (Wildman–Crippen MR) is 20.0 cm³/mol. The zero-order chi connectivity index (χ0) is 4.50. The van der Waals surface area contributed by atoms with Gasteiger partial charge in [0, 0.05) is 0 Å². The molecule has 0 rings (SSSR count). The topological polar surface area (TPSA) is 77.8 Å². The summed E-state index contributed by atoms with van der Waals surface area (Å²) < 4.78 is 8.88. The van der Waals surface area contributed by atoms with Gasteiger partial charge in [-0.1, -0.05) is 0 Å². The van der Waals surface area contributed by atoms with Crippen LogP contribution in [0.15, 0.2) is 0 Å². The molecule has 32 valence electrons. The summed E-state index contributed by atoms with van der Waals surface area (Å²) in [6.45, 7) is 0. The second-order valence-corrected chi connectivity index (χ2v) is 1.54. The second-order valence-electron chi connectivity index (χ2n) is 0.513. The first-order valence-electron chi connectivity index (χ1n) is 0.783. The first-order chi connectivity index (χ1) is 2.00. The van der Waals surface area contributed by atoms with E-state index < -0.39 is 7.82 Å². The van der Waals surface area contributed by atoms with Crippen LogP contribution in [0, 0.1) is 0 Å². The van der Waals surface area contributed by atoms with Crippen molar-refractivity contribution in [3.63, 3.8) is 0 Å². The van der Waals surface area contributed by atoms with E-state index in [1.54, 1.807) is 0 Å². The molecule has 8 heteroatoms. The van der Waals surface area contributed by atoms with E-state index in [1.165, 1.54) is 0 Å². The number of phosphoric acid groups is 1. The van der Waals surface area contributed by atoms with E-state index >= 15 is 0 Å². The average Bonchev–Trinajstić information content (AvgIpc) is 0.722. The summed E-state index contributed by atoms with van der Waals surface area (Å²) in [7, 11) is -4.64. The van der Waals surface area contributed by atoms with Gasteiger partial charge in [0.2, 0.25) is 0 Å². The van der Waals surface area contributed by atoms with Crippen molar-refractivity contribution in [1.29, 1.82) is 0 Å². The Labute approximate surface area is 102 Å². The van der Waals surface area contributed by atoms with Crippen LogP contribution in [0.1, 0.15) is 0 Å². The number of hydrogen-bond donors (Lipinski definition) is 3. The molecule has 0 saturated heterocycles. The van der Waals surface area contributed by atoms with Gasteiger partial charge in [-0.05, 0) is 0 Å².